The highest BCUT2D eigenvalue weighted by atomic mass is 16.5. The number of carbonyl (C=O) groups excluding carboxylic acids is 1. The smallest absolute Gasteiger partial charge is 0.338 e. The number of hydrogen-bond acceptors (Lipinski definition) is 6. The van der Waals surface area contributed by atoms with Gasteiger partial charge in [-0.25, -0.2) is 4.79 Å². The molecule has 6 heteroatoms. The van der Waals surface area contributed by atoms with Crippen molar-refractivity contribution in [3.05, 3.63) is 65.5 Å². The second-order valence-electron chi connectivity index (χ2n) is 4.43. The van der Waals surface area contributed by atoms with Gasteiger partial charge in [0, 0.05) is 6.07 Å². The molecule has 0 atom stereocenters. The molecule has 108 valence electrons. The summed E-state index contributed by atoms with van der Waals surface area (Å²) in [5.41, 5.74) is 1.33. The van der Waals surface area contributed by atoms with E-state index in [4.69, 9.17) is 18.9 Å². The average Bonchev–Trinajstić information content (AvgIpc) is 3.23. The summed E-state index contributed by atoms with van der Waals surface area (Å²) in [5.74, 6) is 0.527. The van der Waals surface area contributed by atoms with Crippen molar-refractivity contribution in [1.82, 2.24) is 5.16 Å². The van der Waals surface area contributed by atoms with Gasteiger partial charge < -0.3 is 13.7 Å². The molecule has 0 radical (unpaired) electrons. The quantitative estimate of drug-likeness (QED) is 0.686. The topological polar surface area (TPSA) is 89.3 Å². The van der Waals surface area contributed by atoms with Crippen molar-refractivity contribution in [2.45, 2.75) is 6.61 Å². The molecule has 2 heterocycles. The summed E-state index contributed by atoms with van der Waals surface area (Å²) in [6.07, 6.45) is 1.53. The van der Waals surface area contributed by atoms with Gasteiger partial charge in [0.1, 0.15) is 12.3 Å². The van der Waals surface area contributed by atoms with Crippen molar-refractivity contribution in [3.8, 4) is 17.6 Å². The summed E-state index contributed by atoms with van der Waals surface area (Å²) in [6, 6.07) is 13.3. The van der Waals surface area contributed by atoms with Gasteiger partial charge in [0.25, 0.3) is 0 Å². The molecule has 0 fully saturated rings. The van der Waals surface area contributed by atoms with Crippen molar-refractivity contribution < 1.29 is 18.5 Å². The molecule has 0 unspecified atom stereocenters. The van der Waals surface area contributed by atoms with Crippen LogP contribution in [0.3, 0.4) is 0 Å². The second-order valence-corrected chi connectivity index (χ2v) is 4.43. The maximum atomic E-state index is 11.9. The Morgan fingerprint density at radius 2 is 2.05 bits per heavy atom. The van der Waals surface area contributed by atoms with Crippen molar-refractivity contribution in [1.29, 1.82) is 5.26 Å². The monoisotopic (exact) mass is 294 g/mol. The molecule has 0 saturated heterocycles. The molecule has 2 aromatic heterocycles. The van der Waals surface area contributed by atoms with Crippen LogP contribution >= 0.6 is 0 Å². The molecule has 0 spiro atoms. The lowest BCUT2D eigenvalue weighted by Gasteiger charge is -2.02. The molecular formula is C16H10N2O4. The lowest BCUT2D eigenvalue weighted by molar-refractivity contribution is 0.0464. The van der Waals surface area contributed by atoms with Gasteiger partial charge in [-0.3, -0.25) is 0 Å². The van der Waals surface area contributed by atoms with E-state index in [-0.39, 0.29) is 6.61 Å². The van der Waals surface area contributed by atoms with Crippen molar-refractivity contribution in [3.63, 3.8) is 0 Å². The van der Waals surface area contributed by atoms with Gasteiger partial charge in [0.05, 0.1) is 23.5 Å². The fourth-order valence-corrected chi connectivity index (χ4v) is 1.82. The third-order valence-corrected chi connectivity index (χ3v) is 2.92. The van der Waals surface area contributed by atoms with Gasteiger partial charge in [-0.15, -0.1) is 0 Å². The van der Waals surface area contributed by atoms with E-state index in [1.54, 1.807) is 30.3 Å². The first-order valence-electron chi connectivity index (χ1n) is 6.43. The minimum Gasteiger partial charge on any atom is -0.461 e. The van der Waals surface area contributed by atoms with Gasteiger partial charge in [0.15, 0.2) is 5.76 Å². The molecule has 0 aliphatic heterocycles. The number of ether oxygens (including phenoxy) is 1. The van der Waals surface area contributed by atoms with Crippen molar-refractivity contribution >= 4 is 5.97 Å². The lowest BCUT2D eigenvalue weighted by atomic mass is 10.1. The largest absolute Gasteiger partial charge is 0.461 e. The van der Waals surface area contributed by atoms with Gasteiger partial charge in [0.2, 0.25) is 5.76 Å². The highest BCUT2D eigenvalue weighted by Gasteiger charge is 2.12. The molecule has 0 aliphatic rings. The zero-order valence-corrected chi connectivity index (χ0v) is 11.4. The number of esters is 1. The minimum atomic E-state index is -0.493. The number of hydrogen-bond donors (Lipinski definition) is 0. The van der Waals surface area contributed by atoms with Crippen LogP contribution in [0.5, 0.6) is 0 Å². The Morgan fingerprint density at radius 3 is 2.73 bits per heavy atom. The number of carbonyl (C=O) groups is 1. The van der Waals surface area contributed by atoms with E-state index < -0.39 is 5.97 Å². The van der Waals surface area contributed by atoms with Crippen LogP contribution in [-0.4, -0.2) is 11.1 Å². The minimum absolute atomic E-state index is 0.0109. The molecule has 0 aliphatic carbocycles. The van der Waals surface area contributed by atoms with E-state index >= 15 is 0 Å². The number of nitriles is 1. The fourth-order valence-electron chi connectivity index (χ4n) is 1.82. The normalized spacial score (nSPS) is 10.1. The summed E-state index contributed by atoms with van der Waals surface area (Å²) in [6.45, 7) is -0.0109. The molecule has 0 amide bonds. The number of nitrogens with zero attached hydrogens (tertiary/aromatic N) is 2. The van der Waals surface area contributed by atoms with Gasteiger partial charge in [-0.1, -0.05) is 5.16 Å². The fraction of sp³-hybridized carbons (Fsp3) is 0.0625. The standard InChI is InChI=1S/C16H10N2O4/c17-9-11-3-5-12(6-4-11)16(19)21-10-13-8-15(22-18-13)14-2-1-7-20-14/h1-8H,10H2. The lowest BCUT2D eigenvalue weighted by Crippen LogP contribution is -2.05. The van der Waals surface area contributed by atoms with E-state index in [2.05, 4.69) is 5.16 Å². The summed E-state index contributed by atoms with van der Waals surface area (Å²) < 4.78 is 15.4. The highest BCUT2D eigenvalue weighted by molar-refractivity contribution is 5.89. The SMILES string of the molecule is N#Cc1ccc(C(=O)OCc2cc(-c3ccco3)on2)cc1. The number of furan rings is 1. The average molecular weight is 294 g/mol. The number of aromatic nitrogens is 1. The summed E-state index contributed by atoms with van der Waals surface area (Å²) in [5, 5.41) is 12.5. The molecule has 1 aromatic carbocycles. The van der Waals surface area contributed by atoms with Crippen LogP contribution in [0.15, 0.2) is 57.7 Å². The highest BCUT2D eigenvalue weighted by Crippen LogP contribution is 2.21. The second kappa shape index (κ2) is 5.97. The Hall–Kier alpha value is -3.33. The Morgan fingerprint density at radius 1 is 1.23 bits per heavy atom. The first-order chi connectivity index (χ1) is 10.8. The van der Waals surface area contributed by atoms with Crippen LogP contribution in [0.1, 0.15) is 21.6 Å². The third kappa shape index (κ3) is 2.88. The third-order valence-electron chi connectivity index (χ3n) is 2.92. The molecule has 6 nitrogen and oxygen atoms in total. The summed E-state index contributed by atoms with van der Waals surface area (Å²) in [7, 11) is 0. The number of benzene rings is 1. The predicted molar refractivity (Wildman–Crippen MR) is 74.5 cm³/mol. The van der Waals surface area contributed by atoms with Crippen LogP contribution in [0.4, 0.5) is 0 Å². The van der Waals surface area contributed by atoms with E-state index in [1.165, 1.54) is 18.4 Å². The van der Waals surface area contributed by atoms with E-state index in [0.29, 0.717) is 28.3 Å². The van der Waals surface area contributed by atoms with Gasteiger partial charge >= 0.3 is 5.97 Å². The first-order valence-corrected chi connectivity index (χ1v) is 6.43. The molecule has 3 rings (SSSR count). The number of rotatable bonds is 4. The zero-order chi connectivity index (χ0) is 15.4. The van der Waals surface area contributed by atoms with Crippen LogP contribution < -0.4 is 0 Å². The summed E-state index contributed by atoms with van der Waals surface area (Å²) in [4.78, 5) is 11.9. The van der Waals surface area contributed by atoms with Crippen LogP contribution in [0.2, 0.25) is 0 Å². The molecule has 22 heavy (non-hydrogen) atoms. The van der Waals surface area contributed by atoms with Gasteiger partial charge in [-0.05, 0) is 36.4 Å². The Kier molecular flexibility index (Phi) is 3.70. The van der Waals surface area contributed by atoms with E-state index in [1.807, 2.05) is 6.07 Å². The van der Waals surface area contributed by atoms with Crippen molar-refractivity contribution in [2.75, 3.05) is 0 Å². The first kappa shape index (κ1) is 13.6. The van der Waals surface area contributed by atoms with Gasteiger partial charge in [-0.2, -0.15) is 5.26 Å². The molecule has 0 N–H and O–H groups in total. The molecule has 0 bridgehead atoms. The summed E-state index contributed by atoms with van der Waals surface area (Å²) >= 11 is 0. The predicted octanol–water partition coefficient (Wildman–Crippen LogP) is 3.16. The molecular weight excluding hydrogens is 284 g/mol. The van der Waals surface area contributed by atoms with Crippen LogP contribution in [0, 0.1) is 11.3 Å². The van der Waals surface area contributed by atoms with E-state index in [0.717, 1.165) is 0 Å². The maximum absolute atomic E-state index is 11.9. The van der Waals surface area contributed by atoms with Crippen molar-refractivity contribution in [2.24, 2.45) is 0 Å². The Balaban J connectivity index is 1.62. The molecule has 0 saturated carbocycles. The Labute approximate surface area is 125 Å². The van der Waals surface area contributed by atoms with Crippen LogP contribution in [0.25, 0.3) is 11.5 Å². The Bertz CT molecular complexity index is 811. The van der Waals surface area contributed by atoms with Crippen LogP contribution in [-0.2, 0) is 11.3 Å². The molecule has 3 aromatic rings. The maximum Gasteiger partial charge on any atom is 0.338 e. The van der Waals surface area contributed by atoms with E-state index in [9.17, 15) is 4.79 Å². The zero-order valence-electron chi connectivity index (χ0n) is 11.4.